The van der Waals surface area contributed by atoms with E-state index in [1.165, 1.54) is 0 Å². The van der Waals surface area contributed by atoms with E-state index in [9.17, 15) is 4.79 Å². The van der Waals surface area contributed by atoms with Crippen LogP contribution in [-0.2, 0) is 4.79 Å². The molecule has 0 bridgehead atoms. The van der Waals surface area contributed by atoms with Gasteiger partial charge in [-0.25, -0.2) is 0 Å². The maximum atomic E-state index is 11.6. The predicted molar refractivity (Wildman–Crippen MR) is 71.3 cm³/mol. The van der Waals surface area contributed by atoms with Crippen LogP contribution in [0.5, 0.6) is 0 Å². The third kappa shape index (κ3) is 3.28. The Morgan fingerprint density at radius 3 is 2.94 bits per heavy atom. The lowest BCUT2D eigenvalue weighted by Crippen LogP contribution is -2.11. The number of para-hydroxylation sites is 1. The van der Waals surface area contributed by atoms with E-state index in [2.05, 4.69) is 10.3 Å². The number of unbranched alkanes of at least 4 members (excludes halogenated alkanes) is 1. The molecule has 0 fully saturated rings. The molecular formula is C14H16N2O2. The van der Waals surface area contributed by atoms with Crippen molar-refractivity contribution in [3.63, 3.8) is 0 Å². The Bertz CT molecular complexity index is 540. The molecule has 0 saturated heterocycles. The first-order chi connectivity index (χ1) is 8.79. The average molecular weight is 244 g/mol. The molecule has 0 aliphatic rings. The number of carbonyl (C=O) groups is 1. The normalized spacial score (nSPS) is 10.5. The lowest BCUT2D eigenvalue weighted by Gasteiger charge is -2.05. The second-order valence-corrected chi connectivity index (χ2v) is 4.15. The van der Waals surface area contributed by atoms with Crippen LogP contribution in [0.4, 0.5) is 5.69 Å². The molecule has 1 aromatic carbocycles. The molecular weight excluding hydrogens is 228 g/mol. The van der Waals surface area contributed by atoms with Crippen molar-refractivity contribution in [2.45, 2.75) is 19.3 Å². The number of nitrogens with one attached hydrogen (secondary N) is 1. The maximum Gasteiger partial charge on any atom is 0.224 e. The number of aromatic nitrogens is 1. The average Bonchev–Trinajstić information content (AvgIpc) is 2.39. The molecule has 4 nitrogen and oxygen atoms in total. The van der Waals surface area contributed by atoms with Crippen LogP contribution in [0.2, 0.25) is 0 Å². The molecule has 0 radical (unpaired) electrons. The minimum atomic E-state index is -0.0412. The molecule has 18 heavy (non-hydrogen) atoms. The fraction of sp³-hybridized carbons (Fsp3) is 0.286. The highest BCUT2D eigenvalue weighted by atomic mass is 16.2. The fourth-order valence-corrected chi connectivity index (χ4v) is 1.76. The number of hydrogen-bond donors (Lipinski definition) is 2. The molecule has 1 heterocycles. The molecule has 0 saturated carbocycles. The van der Waals surface area contributed by atoms with Gasteiger partial charge in [0.25, 0.3) is 0 Å². The number of rotatable bonds is 5. The van der Waals surface area contributed by atoms with Gasteiger partial charge in [-0.2, -0.15) is 0 Å². The Kier molecular flexibility index (Phi) is 4.25. The van der Waals surface area contributed by atoms with Crippen molar-refractivity contribution in [2.24, 2.45) is 0 Å². The molecule has 4 heteroatoms. The number of aliphatic hydroxyl groups is 1. The van der Waals surface area contributed by atoms with Crippen molar-refractivity contribution in [3.8, 4) is 0 Å². The highest BCUT2D eigenvalue weighted by Gasteiger charge is 2.03. The molecule has 0 atom stereocenters. The summed E-state index contributed by atoms with van der Waals surface area (Å²) in [5, 5.41) is 12.5. The Morgan fingerprint density at radius 2 is 2.11 bits per heavy atom. The molecule has 2 rings (SSSR count). The van der Waals surface area contributed by atoms with Gasteiger partial charge >= 0.3 is 0 Å². The summed E-state index contributed by atoms with van der Waals surface area (Å²) in [5.74, 6) is -0.0412. The predicted octanol–water partition coefficient (Wildman–Crippen LogP) is 2.34. The van der Waals surface area contributed by atoms with Crippen molar-refractivity contribution >= 4 is 22.5 Å². The second kappa shape index (κ2) is 6.12. The SMILES string of the molecule is O=C(CCCCO)Nc1cnc2ccccc2c1. The maximum absolute atomic E-state index is 11.6. The van der Waals surface area contributed by atoms with E-state index in [0.29, 0.717) is 24.9 Å². The zero-order valence-corrected chi connectivity index (χ0v) is 10.1. The van der Waals surface area contributed by atoms with Crippen molar-refractivity contribution in [1.29, 1.82) is 0 Å². The number of nitrogens with zero attached hydrogens (tertiary/aromatic N) is 1. The highest BCUT2D eigenvalue weighted by molar-refractivity contribution is 5.92. The number of carbonyl (C=O) groups excluding carboxylic acids is 1. The lowest BCUT2D eigenvalue weighted by atomic mass is 10.2. The van der Waals surface area contributed by atoms with Crippen LogP contribution in [0.25, 0.3) is 10.9 Å². The van der Waals surface area contributed by atoms with Crippen LogP contribution < -0.4 is 5.32 Å². The van der Waals surface area contributed by atoms with Crippen LogP contribution in [0.15, 0.2) is 36.5 Å². The van der Waals surface area contributed by atoms with Crippen LogP contribution in [0.1, 0.15) is 19.3 Å². The third-order valence-corrected chi connectivity index (χ3v) is 2.69. The summed E-state index contributed by atoms with van der Waals surface area (Å²) in [6, 6.07) is 9.68. The Balaban J connectivity index is 2.01. The van der Waals surface area contributed by atoms with Gasteiger partial charge in [0, 0.05) is 18.4 Å². The quantitative estimate of drug-likeness (QED) is 0.793. The minimum Gasteiger partial charge on any atom is -0.396 e. The zero-order valence-electron chi connectivity index (χ0n) is 10.1. The summed E-state index contributed by atoms with van der Waals surface area (Å²) < 4.78 is 0. The Morgan fingerprint density at radius 1 is 1.28 bits per heavy atom. The van der Waals surface area contributed by atoms with Crippen molar-refractivity contribution in [1.82, 2.24) is 4.98 Å². The first-order valence-electron chi connectivity index (χ1n) is 6.05. The molecule has 1 amide bonds. The van der Waals surface area contributed by atoms with Crippen molar-refractivity contribution < 1.29 is 9.90 Å². The standard InChI is InChI=1S/C14H16N2O2/c17-8-4-3-7-14(18)16-12-9-11-5-1-2-6-13(11)15-10-12/h1-2,5-6,9-10,17H,3-4,7-8H2,(H,16,18). The number of pyridine rings is 1. The van der Waals surface area contributed by atoms with Gasteiger partial charge in [0.1, 0.15) is 0 Å². The van der Waals surface area contributed by atoms with Gasteiger partial charge < -0.3 is 10.4 Å². The van der Waals surface area contributed by atoms with Crippen LogP contribution in [0.3, 0.4) is 0 Å². The second-order valence-electron chi connectivity index (χ2n) is 4.15. The highest BCUT2D eigenvalue weighted by Crippen LogP contribution is 2.16. The van der Waals surface area contributed by atoms with E-state index >= 15 is 0 Å². The lowest BCUT2D eigenvalue weighted by molar-refractivity contribution is -0.116. The molecule has 0 spiro atoms. The van der Waals surface area contributed by atoms with Gasteiger partial charge in [0.15, 0.2) is 0 Å². The summed E-state index contributed by atoms with van der Waals surface area (Å²) in [6.07, 6.45) is 3.44. The van der Waals surface area contributed by atoms with Gasteiger partial charge in [0.05, 0.1) is 17.4 Å². The fourth-order valence-electron chi connectivity index (χ4n) is 1.76. The van der Waals surface area contributed by atoms with E-state index in [-0.39, 0.29) is 12.5 Å². The van der Waals surface area contributed by atoms with Gasteiger partial charge in [-0.3, -0.25) is 9.78 Å². The summed E-state index contributed by atoms with van der Waals surface area (Å²) in [5.41, 5.74) is 1.62. The van der Waals surface area contributed by atoms with Crippen LogP contribution in [-0.4, -0.2) is 22.6 Å². The van der Waals surface area contributed by atoms with Crippen molar-refractivity contribution in [3.05, 3.63) is 36.5 Å². The summed E-state index contributed by atoms with van der Waals surface area (Å²) in [6.45, 7) is 0.130. The van der Waals surface area contributed by atoms with Crippen LogP contribution in [0, 0.1) is 0 Å². The monoisotopic (exact) mass is 244 g/mol. The number of amides is 1. The Labute approximate surface area is 106 Å². The molecule has 2 N–H and O–H groups in total. The van der Waals surface area contributed by atoms with Gasteiger partial charge in [0.2, 0.25) is 5.91 Å². The van der Waals surface area contributed by atoms with Gasteiger partial charge in [-0.15, -0.1) is 0 Å². The third-order valence-electron chi connectivity index (χ3n) is 2.69. The first kappa shape index (κ1) is 12.5. The van der Waals surface area contributed by atoms with Gasteiger partial charge in [-0.1, -0.05) is 18.2 Å². The van der Waals surface area contributed by atoms with Crippen LogP contribution >= 0.6 is 0 Å². The smallest absolute Gasteiger partial charge is 0.224 e. The summed E-state index contributed by atoms with van der Waals surface area (Å²) >= 11 is 0. The molecule has 0 aliphatic carbocycles. The zero-order chi connectivity index (χ0) is 12.8. The number of fused-ring (bicyclic) bond motifs is 1. The van der Waals surface area contributed by atoms with E-state index in [1.54, 1.807) is 6.20 Å². The summed E-state index contributed by atoms with van der Waals surface area (Å²) in [4.78, 5) is 15.9. The summed E-state index contributed by atoms with van der Waals surface area (Å²) in [7, 11) is 0. The first-order valence-corrected chi connectivity index (χ1v) is 6.05. The molecule has 0 aliphatic heterocycles. The number of anilines is 1. The molecule has 0 unspecified atom stereocenters. The van der Waals surface area contributed by atoms with E-state index in [4.69, 9.17) is 5.11 Å². The van der Waals surface area contributed by atoms with E-state index in [1.807, 2.05) is 30.3 Å². The number of aliphatic hydroxyl groups excluding tert-OH is 1. The van der Waals surface area contributed by atoms with E-state index in [0.717, 1.165) is 10.9 Å². The Hall–Kier alpha value is -1.94. The topological polar surface area (TPSA) is 62.2 Å². The minimum absolute atomic E-state index is 0.0412. The van der Waals surface area contributed by atoms with E-state index < -0.39 is 0 Å². The molecule has 2 aromatic rings. The number of hydrogen-bond acceptors (Lipinski definition) is 3. The van der Waals surface area contributed by atoms with Crippen molar-refractivity contribution in [2.75, 3.05) is 11.9 Å². The molecule has 94 valence electrons. The molecule has 1 aromatic heterocycles. The van der Waals surface area contributed by atoms with Gasteiger partial charge in [-0.05, 0) is 25.0 Å². The number of benzene rings is 1. The largest absolute Gasteiger partial charge is 0.396 e.